The number of alkyl halides is 1. The summed E-state index contributed by atoms with van der Waals surface area (Å²) in [7, 11) is 0. The van der Waals surface area contributed by atoms with Gasteiger partial charge in [0.25, 0.3) is 0 Å². The Morgan fingerprint density at radius 1 is 1.33 bits per heavy atom. The van der Waals surface area contributed by atoms with Crippen molar-refractivity contribution in [3.8, 4) is 0 Å². The van der Waals surface area contributed by atoms with E-state index in [0.29, 0.717) is 12.4 Å². The molecule has 1 atom stereocenters. The largest absolute Gasteiger partial charge is 0.444 e. The molecule has 0 N–H and O–H groups in total. The number of hydrogen-bond donors (Lipinski definition) is 0. The van der Waals surface area contributed by atoms with Crippen LogP contribution in [0.4, 0.5) is 0 Å². The van der Waals surface area contributed by atoms with Crippen molar-refractivity contribution < 1.29 is 4.42 Å². The summed E-state index contributed by atoms with van der Waals surface area (Å²) in [4.78, 5) is 9.11. The lowest BCUT2D eigenvalue weighted by atomic mass is 10.3. The molecule has 21 heavy (non-hydrogen) atoms. The predicted molar refractivity (Wildman–Crippen MR) is 91.8 cm³/mol. The molecular weight excluding hydrogens is 401 g/mol. The number of nitrogens with zero attached hydrogens (tertiary/aromatic N) is 3. The van der Waals surface area contributed by atoms with Crippen molar-refractivity contribution in [2.75, 3.05) is 0 Å². The Bertz CT molecular complexity index is 787. The first-order chi connectivity index (χ1) is 9.95. The molecular formula is C15H15ClIN3O. The summed E-state index contributed by atoms with van der Waals surface area (Å²) in [6, 6.07) is 6.19. The summed E-state index contributed by atoms with van der Waals surface area (Å²) >= 11 is 8.57. The standard InChI is InChI=1S/C15H15ClIN3O/c1-8(16)15-19-12-6-11(17)4-5-13(12)20(15)7-14-18-9(2)10(3)21-14/h4-6,8H,7H2,1-3H3. The van der Waals surface area contributed by atoms with Crippen LogP contribution in [0.3, 0.4) is 0 Å². The number of imidazole rings is 1. The van der Waals surface area contributed by atoms with Gasteiger partial charge in [0.1, 0.15) is 18.1 Å². The van der Waals surface area contributed by atoms with Crippen LogP contribution in [0.25, 0.3) is 11.0 Å². The fourth-order valence-corrected chi connectivity index (χ4v) is 2.97. The van der Waals surface area contributed by atoms with Gasteiger partial charge in [0.05, 0.1) is 22.1 Å². The van der Waals surface area contributed by atoms with Crippen LogP contribution in [0, 0.1) is 17.4 Å². The predicted octanol–water partition coefficient (Wildman–Crippen LogP) is 4.59. The smallest absolute Gasteiger partial charge is 0.214 e. The molecule has 6 heteroatoms. The SMILES string of the molecule is Cc1nc(Cn2c(C(C)Cl)nc3cc(I)ccc32)oc1C. The van der Waals surface area contributed by atoms with Crippen LogP contribution < -0.4 is 0 Å². The summed E-state index contributed by atoms with van der Waals surface area (Å²) in [6.07, 6.45) is 0. The average molecular weight is 416 g/mol. The molecule has 0 fully saturated rings. The van der Waals surface area contributed by atoms with Gasteiger partial charge in [0.15, 0.2) is 0 Å². The maximum absolute atomic E-state index is 6.29. The van der Waals surface area contributed by atoms with Gasteiger partial charge in [-0.2, -0.15) is 0 Å². The molecule has 0 amide bonds. The highest BCUT2D eigenvalue weighted by Crippen LogP contribution is 2.26. The van der Waals surface area contributed by atoms with Gasteiger partial charge in [-0.15, -0.1) is 11.6 Å². The van der Waals surface area contributed by atoms with E-state index in [-0.39, 0.29) is 5.38 Å². The van der Waals surface area contributed by atoms with Crippen LogP contribution in [0.15, 0.2) is 22.6 Å². The van der Waals surface area contributed by atoms with Crippen LogP contribution in [0.5, 0.6) is 0 Å². The van der Waals surface area contributed by atoms with Crippen molar-refractivity contribution in [3.63, 3.8) is 0 Å². The molecule has 4 nitrogen and oxygen atoms in total. The lowest BCUT2D eigenvalue weighted by Crippen LogP contribution is -2.06. The van der Waals surface area contributed by atoms with Gasteiger partial charge in [-0.05, 0) is 61.6 Å². The van der Waals surface area contributed by atoms with E-state index in [9.17, 15) is 0 Å². The van der Waals surface area contributed by atoms with Gasteiger partial charge < -0.3 is 8.98 Å². The van der Waals surface area contributed by atoms with Crippen LogP contribution in [0.2, 0.25) is 0 Å². The fourth-order valence-electron chi connectivity index (χ4n) is 2.33. The molecule has 110 valence electrons. The lowest BCUT2D eigenvalue weighted by Gasteiger charge is -2.08. The van der Waals surface area contributed by atoms with Gasteiger partial charge >= 0.3 is 0 Å². The Morgan fingerprint density at radius 3 is 2.71 bits per heavy atom. The maximum atomic E-state index is 6.29. The summed E-state index contributed by atoms with van der Waals surface area (Å²) in [6.45, 7) is 6.33. The Morgan fingerprint density at radius 2 is 2.10 bits per heavy atom. The van der Waals surface area contributed by atoms with Crippen molar-refractivity contribution in [2.24, 2.45) is 0 Å². The number of hydrogen-bond acceptors (Lipinski definition) is 3. The zero-order valence-electron chi connectivity index (χ0n) is 12.0. The van der Waals surface area contributed by atoms with Crippen molar-refractivity contribution >= 4 is 45.2 Å². The van der Waals surface area contributed by atoms with E-state index in [1.165, 1.54) is 0 Å². The number of rotatable bonds is 3. The average Bonchev–Trinajstić information content (AvgIpc) is 2.91. The Hall–Kier alpha value is -1.08. The molecule has 2 aromatic heterocycles. The molecule has 0 radical (unpaired) electrons. The Kier molecular flexibility index (Phi) is 3.96. The minimum atomic E-state index is -0.174. The molecule has 2 heterocycles. The third kappa shape index (κ3) is 2.81. The van der Waals surface area contributed by atoms with E-state index in [4.69, 9.17) is 16.0 Å². The third-order valence-corrected chi connectivity index (χ3v) is 4.33. The summed E-state index contributed by atoms with van der Waals surface area (Å²) in [5.74, 6) is 2.37. The van der Waals surface area contributed by atoms with Gasteiger partial charge in [-0.25, -0.2) is 9.97 Å². The number of benzene rings is 1. The van der Waals surface area contributed by atoms with E-state index >= 15 is 0 Å². The molecule has 0 aliphatic heterocycles. The van der Waals surface area contributed by atoms with Gasteiger partial charge in [-0.3, -0.25) is 0 Å². The molecule has 0 aliphatic carbocycles. The third-order valence-electron chi connectivity index (χ3n) is 3.46. The normalized spacial score (nSPS) is 13.0. The van der Waals surface area contributed by atoms with E-state index in [0.717, 1.165) is 31.9 Å². The molecule has 0 spiro atoms. The summed E-state index contributed by atoms with van der Waals surface area (Å²) < 4.78 is 8.92. The van der Waals surface area contributed by atoms with Gasteiger partial charge in [-0.1, -0.05) is 0 Å². The molecule has 3 aromatic rings. The highest BCUT2D eigenvalue weighted by molar-refractivity contribution is 14.1. The first kappa shape index (κ1) is 14.8. The van der Waals surface area contributed by atoms with Gasteiger partial charge in [0, 0.05) is 3.57 Å². The zero-order chi connectivity index (χ0) is 15.1. The molecule has 1 unspecified atom stereocenters. The minimum absolute atomic E-state index is 0.174. The fraction of sp³-hybridized carbons (Fsp3) is 0.333. The van der Waals surface area contributed by atoms with Crippen LogP contribution >= 0.6 is 34.2 Å². The molecule has 0 saturated heterocycles. The molecule has 0 saturated carbocycles. The first-order valence-electron chi connectivity index (χ1n) is 6.68. The zero-order valence-corrected chi connectivity index (χ0v) is 14.9. The van der Waals surface area contributed by atoms with Crippen molar-refractivity contribution in [1.82, 2.24) is 14.5 Å². The molecule has 3 rings (SSSR count). The van der Waals surface area contributed by atoms with E-state index < -0.39 is 0 Å². The van der Waals surface area contributed by atoms with E-state index in [1.807, 2.05) is 20.8 Å². The maximum Gasteiger partial charge on any atom is 0.214 e. The van der Waals surface area contributed by atoms with E-state index in [1.54, 1.807) is 0 Å². The number of halogens is 2. The van der Waals surface area contributed by atoms with Crippen molar-refractivity contribution in [2.45, 2.75) is 32.7 Å². The monoisotopic (exact) mass is 415 g/mol. The van der Waals surface area contributed by atoms with Crippen LogP contribution in [0.1, 0.15) is 35.5 Å². The van der Waals surface area contributed by atoms with Crippen molar-refractivity contribution in [1.29, 1.82) is 0 Å². The summed E-state index contributed by atoms with van der Waals surface area (Å²) in [5.41, 5.74) is 2.92. The highest BCUT2D eigenvalue weighted by Gasteiger charge is 2.17. The second-order valence-corrected chi connectivity index (χ2v) is 6.95. The Labute approximate surface area is 141 Å². The Balaban J connectivity index is 2.12. The second kappa shape index (κ2) is 5.61. The highest BCUT2D eigenvalue weighted by atomic mass is 127. The number of aromatic nitrogens is 3. The van der Waals surface area contributed by atoms with Crippen molar-refractivity contribution in [3.05, 3.63) is 44.9 Å². The molecule has 0 bridgehead atoms. The van der Waals surface area contributed by atoms with Crippen LogP contribution in [-0.4, -0.2) is 14.5 Å². The topological polar surface area (TPSA) is 43.9 Å². The van der Waals surface area contributed by atoms with E-state index in [2.05, 4.69) is 55.3 Å². The summed E-state index contributed by atoms with van der Waals surface area (Å²) in [5, 5.41) is -0.174. The second-order valence-electron chi connectivity index (χ2n) is 5.05. The molecule has 0 aliphatic rings. The van der Waals surface area contributed by atoms with Crippen LogP contribution in [-0.2, 0) is 6.54 Å². The minimum Gasteiger partial charge on any atom is -0.444 e. The van der Waals surface area contributed by atoms with Gasteiger partial charge in [0.2, 0.25) is 5.89 Å². The lowest BCUT2D eigenvalue weighted by molar-refractivity contribution is 0.456. The number of oxazole rings is 1. The number of aryl methyl sites for hydroxylation is 2. The quantitative estimate of drug-likeness (QED) is 0.464. The first-order valence-corrected chi connectivity index (χ1v) is 8.20. The molecule has 1 aromatic carbocycles. The number of fused-ring (bicyclic) bond motifs is 1.